The van der Waals surface area contributed by atoms with Crippen molar-refractivity contribution in [2.45, 2.75) is 25.8 Å². The topological polar surface area (TPSA) is 67.6 Å². The Kier molecular flexibility index (Phi) is 6.94. The van der Waals surface area contributed by atoms with Crippen LogP contribution in [0.25, 0.3) is 0 Å². The summed E-state index contributed by atoms with van der Waals surface area (Å²) in [4.78, 5) is 12.5. The van der Waals surface area contributed by atoms with Crippen molar-refractivity contribution >= 4 is 23.1 Å². The van der Waals surface area contributed by atoms with Gasteiger partial charge in [-0.2, -0.15) is 0 Å². The van der Waals surface area contributed by atoms with Gasteiger partial charge in [-0.05, 0) is 43.7 Å². The van der Waals surface area contributed by atoms with E-state index in [1.165, 1.54) is 30.1 Å². The number of rotatable bonds is 4. The normalized spacial score (nSPS) is 20.6. The van der Waals surface area contributed by atoms with Gasteiger partial charge in [-0.1, -0.05) is 24.4 Å². The molecule has 1 aliphatic carbocycles. The molecule has 2 aliphatic rings. The number of hydrazine groups is 1. The number of fused-ring (bicyclic) bond motifs is 1. The van der Waals surface area contributed by atoms with E-state index in [-0.39, 0.29) is 35.3 Å². The number of ether oxygens (including phenoxy) is 1. The molecule has 9 heteroatoms. The predicted octanol–water partition coefficient (Wildman–Crippen LogP) is 3.94. The summed E-state index contributed by atoms with van der Waals surface area (Å²) in [7, 11) is 0. The van der Waals surface area contributed by atoms with Crippen LogP contribution in [-0.4, -0.2) is 29.1 Å². The predicted molar refractivity (Wildman–Crippen MR) is 111 cm³/mol. The number of benzene rings is 1. The molecule has 30 heavy (non-hydrogen) atoms. The summed E-state index contributed by atoms with van der Waals surface area (Å²) in [6.45, 7) is 1.81. The minimum atomic E-state index is -0.697. The molecule has 1 aliphatic heterocycles. The van der Waals surface area contributed by atoms with Gasteiger partial charge < -0.3 is 10.5 Å². The molecule has 2 unspecified atom stereocenters. The van der Waals surface area contributed by atoms with Crippen molar-refractivity contribution in [2.75, 3.05) is 13.2 Å². The van der Waals surface area contributed by atoms with E-state index in [1.807, 2.05) is 0 Å². The second kappa shape index (κ2) is 9.44. The maximum Gasteiger partial charge on any atom is 0.238 e. The number of nitrogens with one attached hydrogen (secondary N) is 1. The maximum atomic E-state index is 14.4. The fraction of sp³-hybridized carbons (Fsp3) is 0.333. The molecular weight excluding hydrogens is 415 g/mol. The summed E-state index contributed by atoms with van der Waals surface area (Å²) >= 11 is 5.32. The monoisotopic (exact) mass is 437 g/mol. The first-order valence-electron chi connectivity index (χ1n) is 9.48. The maximum absolute atomic E-state index is 14.4. The molecule has 0 bridgehead atoms. The van der Waals surface area contributed by atoms with Crippen molar-refractivity contribution in [2.24, 2.45) is 11.7 Å². The molecule has 0 aromatic heterocycles. The van der Waals surface area contributed by atoms with Crippen molar-refractivity contribution < 1.29 is 22.7 Å². The van der Waals surface area contributed by atoms with E-state index < -0.39 is 29.4 Å². The van der Waals surface area contributed by atoms with Gasteiger partial charge in [0.25, 0.3) is 0 Å². The van der Waals surface area contributed by atoms with Crippen LogP contribution in [0.15, 0.2) is 53.7 Å². The van der Waals surface area contributed by atoms with Crippen LogP contribution in [0, 0.1) is 11.7 Å². The highest BCUT2D eigenvalue weighted by molar-refractivity contribution is 7.80. The van der Waals surface area contributed by atoms with E-state index in [0.717, 1.165) is 12.2 Å². The number of carbonyl (C=O) groups is 1. The van der Waals surface area contributed by atoms with Crippen LogP contribution in [0.2, 0.25) is 0 Å². The van der Waals surface area contributed by atoms with Crippen molar-refractivity contribution in [3.8, 4) is 5.75 Å². The number of hydrogen-bond acceptors (Lipinski definition) is 4. The molecule has 3 rings (SSSR count). The fourth-order valence-corrected chi connectivity index (χ4v) is 3.87. The lowest BCUT2D eigenvalue weighted by Crippen LogP contribution is -2.51. The van der Waals surface area contributed by atoms with Crippen LogP contribution in [-0.2, 0) is 4.79 Å². The first-order valence-corrected chi connectivity index (χ1v) is 9.88. The quantitative estimate of drug-likeness (QED) is 0.552. The van der Waals surface area contributed by atoms with E-state index in [0.29, 0.717) is 18.5 Å². The Morgan fingerprint density at radius 3 is 2.80 bits per heavy atom. The van der Waals surface area contributed by atoms with Crippen LogP contribution < -0.4 is 15.9 Å². The zero-order chi connectivity index (χ0) is 21.8. The molecule has 0 radical (unpaired) electrons. The lowest BCUT2D eigenvalue weighted by molar-refractivity contribution is -0.136. The lowest BCUT2D eigenvalue weighted by atomic mass is 9.87. The van der Waals surface area contributed by atoms with Crippen molar-refractivity contribution in [1.29, 1.82) is 0 Å². The molecule has 0 saturated carbocycles. The second-order valence-electron chi connectivity index (χ2n) is 7.03. The van der Waals surface area contributed by atoms with Crippen molar-refractivity contribution in [1.82, 2.24) is 10.4 Å². The van der Waals surface area contributed by atoms with E-state index >= 15 is 0 Å². The van der Waals surface area contributed by atoms with Gasteiger partial charge in [0.2, 0.25) is 5.91 Å². The highest BCUT2D eigenvalue weighted by atomic mass is 32.1. The molecule has 1 aromatic rings. The number of carbonyl (C=O) groups excluding carboxylic acids is 1. The van der Waals surface area contributed by atoms with Crippen molar-refractivity contribution in [3.63, 3.8) is 0 Å². The molecule has 3 N–H and O–H groups in total. The van der Waals surface area contributed by atoms with E-state index in [1.54, 1.807) is 6.07 Å². The number of amides is 1. The number of thiocarbonyl (C=S) groups is 1. The van der Waals surface area contributed by atoms with Gasteiger partial charge in [-0.3, -0.25) is 10.2 Å². The Hall–Kier alpha value is -2.65. The van der Waals surface area contributed by atoms with Gasteiger partial charge in [0.15, 0.2) is 11.6 Å². The average Bonchev–Trinajstić information content (AvgIpc) is 2.87. The third-order valence-corrected chi connectivity index (χ3v) is 5.37. The number of nitrogens with zero attached hydrogens (tertiary/aromatic N) is 1. The van der Waals surface area contributed by atoms with E-state index in [9.17, 15) is 18.0 Å². The molecule has 1 amide bonds. The minimum Gasteiger partial charge on any atom is -0.490 e. The molecule has 0 spiro atoms. The number of para-hydroxylation sites is 1. The SMILES string of the molecule is CC(=O)N(NC(=S)C1=C(F)C=CC(F)=CC1)C1c2cccc(F)c2OCC1CCN. The molecule has 2 atom stereocenters. The number of halogens is 3. The number of hydrogen-bond donors (Lipinski definition) is 2. The first kappa shape index (κ1) is 22.0. The average molecular weight is 437 g/mol. The highest BCUT2D eigenvalue weighted by Gasteiger charge is 2.38. The molecular formula is C21H22F3N3O2S. The summed E-state index contributed by atoms with van der Waals surface area (Å²) < 4.78 is 47.7. The van der Waals surface area contributed by atoms with Gasteiger partial charge in [-0.25, -0.2) is 18.2 Å². The Bertz CT molecular complexity index is 945. The van der Waals surface area contributed by atoms with Gasteiger partial charge >= 0.3 is 0 Å². The zero-order valence-electron chi connectivity index (χ0n) is 16.3. The summed E-state index contributed by atoms with van der Waals surface area (Å²) in [6, 6.07) is 3.82. The molecule has 1 aromatic carbocycles. The Labute approximate surface area is 178 Å². The molecule has 160 valence electrons. The number of nitrogens with two attached hydrogens (primary N) is 1. The van der Waals surface area contributed by atoms with Crippen LogP contribution in [0.3, 0.4) is 0 Å². The van der Waals surface area contributed by atoms with E-state index in [2.05, 4.69) is 5.43 Å². The van der Waals surface area contributed by atoms with Crippen LogP contribution in [0.4, 0.5) is 13.2 Å². The first-order chi connectivity index (χ1) is 14.3. The van der Waals surface area contributed by atoms with Gasteiger partial charge in [0.1, 0.15) is 16.6 Å². The van der Waals surface area contributed by atoms with Crippen molar-refractivity contribution in [3.05, 3.63) is 65.0 Å². The third kappa shape index (κ3) is 4.57. The smallest absolute Gasteiger partial charge is 0.238 e. The largest absolute Gasteiger partial charge is 0.490 e. The third-order valence-electron chi connectivity index (χ3n) is 5.03. The summed E-state index contributed by atoms with van der Waals surface area (Å²) in [5.74, 6) is -2.41. The summed E-state index contributed by atoms with van der Waals surface area (Å²) in [5, 5.41) is 1.25. The second-order valence-corrected chi connectivity index (χ2v) is 7.44. The van der Waals surface area contributed by atoms with Gasteiger partial charge in [0.05, 0.1) is 12.6 Å². The lowest BCUT2D eigenvalue weighted by Gasteiger charge is -2.41. The van der Waals surface area contributed by atoms with Gasteiger partial charge in [0, 0.05) is 24.0 Å². The van der Waals surface area contributed by atoms with Crippen LogP contribution >= 0.6 is 12.2 Å². The van der Waals surface area contributed by atoms with Crippen LogP contribution in [0.1, 0.15) is 31.4 Å². The Morgan fingerprint density at radius 1 is 1.33 bits per heavy atom. The highest BCUT2D eigenvalue weighted by Crippen LogP contribution is 2.41. The minimum absolute atomic E-state index is 0.0436. The number of allylic oxidation sites excluding steroid dienone is 5. The molecule has 1 heterocycles. The standard InChI is InChI=1S/C21H22F3N3O2S/c1-12(28)27(26-21(30)15-7-5-14(22)6-8-17(15)23)19-13(9-10-25)11-29-20-16(19)3-2-4-18(20)24/h2-6,8,13,19H,7,9-11,25H2,1H3,(H,26,30). The molecule has 5 nitrogen and oxygen atoms in total. The molecule has 0 saturated heterocycles. The Morgan fingerprint density at radius 2 is 2.10 bits per heavy atom. The van der Waals surface area contributed by atoms with Gasteiger partial charge in [-0.15, -0.1) is 0 Å². The summed E-state index contributed by atoms with van der Waals surface area (Å²) in [5.41, 5.74) is 9.03. The summed E-state index contributed by atoms with van der Waals surface area (Å²) in [6.07, 6.45) is 3.61. The Balaban J connectivity index is 1.97. The van der Waals surface area contributed by atoms with E-state index in [4.69, 9.17) is 22.7 Å². The zero-order valence-corrected chi connectivity index (χ0v) is 17.1. The van der Waals surface area contributed by atoms with Crippen LogP contribution in [0.5, 0.6) is 5.75 Å². The fourth-order valence-electron chi connectivity index (χ4n) is 3.59. The molecule has 0 fully saturated rings.